The average molecular weight is 559 g/mol. The van der Waals surface area contributed by atoms with Crippen LogP contribution in [0.25, 0.3) is 22.2 Å². The Morgan fingerprint density at radius 3 is 2.66 bits per heavy atom. The predicted octanol–water partition coefficient (Wildman–Crippen LogP) is 3.43. The molecule has 2 heterocycles. The second-order valence-corrected chi connectivity index (χ2v) is 9.80. The Bertz CT molecular complexity index is 1490. The summed E-state index contributed by atoms with van der Waals surface area (Å²) in [5.74, 6) is 1.01. The minimum atomic E-state index is -0.833. The molecule has 1 fully saturated rings. The van der Waals surface area contributed by atoms with Crippen molar-refractivity contribution in [1.82, 2.24) is 14.9 Å². The molecule has 41 heavy (non-hydrogen) atoms. The molecule has 3 aromatic carbocycles. The fourth-order valence-electron chi connectivity index (χ4n) is 4.91. The summed E-state index contributed by atoms with van der Waals surface area (Å²) in [5.41, 5.74) is 4.52. The zero-order valence-corrected chi connectivity index (χ0v) is 22.7. The van der Waals surface area contributed by atoms with Crippen molar-refractivity contribution >= 4 is 28.7 Å². The molecule has 0 radical (unpaired) electrons. The number of nitrogens with one attached hydrogen (secondary N) is 2. The van der Waals surface area contributed by atoms with Crippen LogP contribution in [-0.2, 0) is 20.9 Å². The van der Waals surface area contributed by atoms with E-state index in [-0.39, 0.29) is 37.9 Å². The molecular weight excluding hydrogens is 524 g/mol. The monoisotopic (exact) mass is 558 g/mol. The van der Waals surface area contributed by atoms with E-state index in [1.807, 2.05) is 77.4 Å². The summed E-state index contributed by atoms with van der Waals surface area (Å²) in [6.07, 6.45) is -0.404. The van der Waals surface area contributed by atoms with Crippen LogP contribution in [0.2, 0.25) is 0 Å². The SMILES string of the molecule is O=C(CCCOc1cc(CNc2nc3ccccc3n2[C@H]2CC(=O)[C@@H](CO)O2)ccc1-c1ccccc1)NCCO. The van der Waals surface area contributed by atoms with E-state index in [9.17, 15) is 14.7 Å². The van der Waals surface area contributed by atoms with Crippen molar-refractivity contribution in [1.29, 1.82) is 0 Å². The highest BCUT2D eigenvalue weighted by Crippen LogP contribution is 2.34. The van der Waals surface area contributed by atoms with Gasteiger partial charge in [0, 0.05) is 25.1 Å². The van der Waals surface area contributed by atoms with E-state index in [1.165, 1.54) is 0 Å². The highest BCUT2D eigenvalue weighted by Gasteiger charge is 2.35. The van der Waals surface area contributed by atoms with Crippen LogP contribution in [0, 0.1) is 0 Å². The number of aliphatic hydroxyl groups excluding tert-OH is 2. The number of imidazole rings is 1. The Morgan fingerprint density at radius 1 is 1.07 bits per heavy atom. The van der Waals surface area contributed by atoms with Gasteiger partial charge in [-0.3, -0.25) is 14.2 Å². The molecule has 1 aromatic heterocycles. The van der Waals surface area contributed by atoms with Gasteiger partial charge in [0.25, 0.3) is 0 Å². The largest absolute Gasteiger partial charge is 0.493 e. The number of carbonyl (C=O) groups excluding carboxylic acids is 2. The summed E-state index contributed by atoms with van der Waals surface area (Å²) >= 11 is 0. The summed E-state index contributed by atoms with van der Waals surface area (Å²) in [6, 6.07) is 23.6. The maximum Gasteiger partial charge on any atom is 0.220 e. The van der Waals surface area contributed by atoms with E-state index < -0.39 is 12.3 Å². The second-order valence-electron chi connectivity index (χ2n) is 9.80. The number of ketones is 1. The zero-order chi connectivity index (χ0) is 28.6. The van der Waals surface area contributed by atoms with E-state index in [2.05, 4.69) is 10.6 Å². The molecule has 2 atom stereocenters. The van der Waals surface area contributed by atoms with Crippen molar-refractivity contribution < 1.29 is 29.3 Å². The number of hydrogen-bond acceptors (Lipinski definition) is 8. The number of aromatic nitrogens is 2. The highest BCUT2D eigenvalue weighted by molar-refractivity contribution is 5.86. The number of aliphatic hydroxyl groups is 2. The van der Waals surface area contributed by atoms with Crippen molar-refractivity contribution in [3.05, 3.63) is 78.4 Å². The number of fused-ring (bicyclic) bond motifs is 1. The van der Waals surface area contributed by atoms with Gasteiger partial charge in [-0.15, -0.1) is 0 Å². The number of Topliss-reactive ketones (excluding diaryl/α,β-unsaturated/α-hetero) is 1. The Kier molecular flexibility index (Phi) is 9.25. The van der Waals surface area contributed by atoms with Gasteiger partial charge in [-0.1, -0.05) is 54.6 Å². The Morgan fingerprint density at radius 2 is 1.88 bits per heavy atom. The van der Waals surface area contributed by atoms with E-state index in [4.69, 9.17) is 19.6 Å². The molecule has 1 aliphatic heterocycles. The zero-order valence-electron chi connectivity index (χ0n) is 22.7. The third kappa shape index (κ3) is 6.74. The van der Waals surface area contributed by atoms with Crippen LogP contribution >= 0.6 is 0 Å². The van der Waals surface area contributed by atoms with Crippen LogP contribution < -0.4 is 15.4 Å². The Balaban J connectivity index is 1.34. The van der Waals surface area contributed by atoms with Gasteiger partial charge in [0.2, 0.25) is 11.9 Å². The molecule has 4 N–H and O–H groups in total. The van der Waals surface area contributed by atoms with Crippen LogP contribution in [0.15, 0.2) is 72.8 Å². The normalized spacial score (nSPS) is 16.7. The maximum atomic E-state index is 12.3. The Hall–Kier alpha value is -4.25. The molecule has 10 heteroatoms. The van der Waals surface area contributed by atoms with Gasteiger partial charge < -0.3 is 30.3 Å². The highest BCUT2D eigenvalue weighted by atomic mass is 16.5. The first-order chi connectivity index (χ1) is 20.1. The van der Waals surface area contributed by atoms with Crippen molar-refractivity contribution in [2.45, 2.75) is 38.1 Å². The number of nitrogens with zero attached hydrogens (tertiary/aromatic N) is 2. The molecule has 10 nitrogen and oxygen atoms in total. The van der Waals surface area contributed by atoms with Gasteiger partial charge in [0.1, 0.15) is 18.1 Å². The molecule has 0 unspecified atom stereocenters. The molecule has 1 amide bonds. The van der Waals surface area contributed by atoms with E-state index in [0.717, 1.165) is 27.7 Å². The van der Waals surface area contributed by atoms with Gasteiger partial charge in [-0.05, 0) is 35.7 Å². The third-order valence-corrected chi connectivity index (χ3v) is 6.93. The fourth-order valence-corrected chi connectivity index (χ4v) is 4.91. The molecule has 5 rings (SSSR count). The van der Waals surface area contributed by atoms with Crippen LogP contribution in [0.3, 0.4) is 0 Å². The summed E-state index contributed by atoms with van der Waals surface area (Å²) in [4.78, 5) is 29.0. The quantitative estimate of drug-likeness (QED) is 0.183. The second kappa shape index (κ2) is 13.4. The first-order valence-electron chi connectivity index (χ1n) is 13.8. The molecule has 1 saturated heterocycles. The van der Waals surface area contributed by atoms with E-state index in [1.54, 1.807) is 0 Å². The lowest BCUT2D eigenvalue weighted by atomic mass is 10.0. The standard InChI is InChI=1S/C31H34N4O6/c36-15-14-32-29(39)11-6-16-40-27-17-21(12-13-23(27)22-7-2-1-3-8-22)19-33-31-34-24-9-4-5-10-25(24)35(31)30-18-26(38)28(20-37)41-30/h1-5,7-10,12-13,17,28,30,36-37H,6,11,14-16,18-20H2,(H,32,39)(H,33,34)/t28-,30-/m1/s1. The lowest BCUT2D eigenvalue weighted by molar-refractivity contribution is -0.124. The lowest BCUT2D eigenvalue weighted by Crippen LogP contribution is -2.26. The number of carbonyl (C=O) groups is 2. The molecule has 214 valence electrons. The average Bonchev–Trinajstić information content (AvgIpc) is 3.56. The number of para-hydroxylation sites is 2. The molecule has 0 aliphatic carbocycles. The number of rotatable bonds is 13. The van der Waals surface area contributed by atoms with Crippen LogP contribution in [0.5, 0.6) is 5.75 Å². The lowest BCUT2D eigenvalue weighted by Gasteiger charge is -2.18. The molecule has 0 bridgehead atoms. The molecule has 1 aliphatic rings. The van der Waals surface area contributed by atoms with Gasteiger partial charge in [-0.25, -0.2) is 4.98 Å². The van der Waals surface area contributed by atoms with E-state index >= 15 is 0 Å². The molecule has 0 saturated carbocycles. The minimum absolute atomic E-state index is 0.0885. The topological polar surface area (TPSA) is 135 Å². The predicted molar refractivity (Wildman–Crippen MR) is 154 cm³/mol. The van der Waals surface area contributed by atoms with Crippen molar-refractivity contribution in [2.24, 2.45) is 0 Å². The number of benzene rings is 3. The van der Waals surface area contributed by atoms with Crippen LogP contribution in [0.4, 0.5) is 5.95 Å². The van der Waals surface area contributed by atoms with Crippen LogP contribution in [0.1, 0.15) is 31.1 Å². The minimum Gasteiger partial charge on any atom is -0.493 e. The van der Waals surface area contributed by atoms with Gasteiger partial charge in [-0.2, -0.15) is 0 Å². The summed E-state index contributed by atoms with van der Waals surface area (Å²) in [6.45, 7) is 0.593. The first kappa shape index (κ1) is 28.3. The first-order valence-corrected chi connectivity index (χ1v) is 13.8. The van der Waals surface area contributed by atoms with Crippen molar-refractivity contribution in [2.75, 3.05) is 31.7 Å². The van der Waals surface area contributed by atoms with E-state index in [0.29, 0.717) is 37.7 Å². The fraction of sp³-hybridized carbons (Fsp3) is 0.323. The number of ether oxygens (including phenoxy) is 2. The van der Waals surface area contributed by atoms with Gasteiger partial charge in [0.05, 0.1) is 37.3 Å². The number of anilines is 1. The van der Waals surface area contributed by atoms with Gasteiger partial charge >= 0.3 is 0 Å². The smallest absolute Gasteiger partial charge is 0.220 e. The third-order valence-electron chi connectivity index (χ3n) is 6.93. The van der Waals surface area contributed by atoms with Crippen molar-refractivity contribution in [3.8, 4) is 16.9 Å². The summed E-state index contributed by atoms with van der Waals surface area (Å²) < 4.78 is 13.9. The van der Waals surface area contributed by atoms with Crippen LogP contribution in [-0.4, -0.2) is 63.9 Å². The molecule has 0 spiro atoms. The number of amides is 1. The molecule has 4 aromatic rings. The summed E-state index contributed by atoms with van der Waals surface area (Å²) in [7, 11) is 0. The van der Waals surface area contributed by atoms with Gasteiger partial charge in [0.15, 0.2) is 5.78 Å². The van der Waals surface area contributed by atoms with Crippen molar-refractivity contribution in [3.63, 3.8) is 0 Å². The number of hydrogen-bond donors (Lipinski definition) is 4. The maximum absolute atomic E-state index is 12.3. The summed E-state index contributed by atoms with van der Waals surface area (Å²) in [5, 5.41) is 24.5. The molecular formula is C31H34N4O6. The Labute approximate surface area is 237 Å².